The molecule has 1 N–H and O–H groups in total. The first-order valence-corrected chi connectivity index (χ1v) is 8.05. The number of nitrogens with one attached hydrogen (secondary N) is 1. The Morgan fingerprint density at radius 2 is 1.81 bits per heavy atom. The van der Waals surface area contributed by atoms with Crippen LogP contribution in [0.4, 0.5) is 29.3 Å². The monoisotopic (exact) mass is 373 g/mol. The lowest BCUT2D eigenvalue weighted by atomic mass is 9.87. The molecule has 0 aromatic heterocycles. The molecule has 1 atom stereocenters. The van der Waals surface area contributed by atoms with Gasteiger partial charge in [0.2, 0.25) is 0 Å². The van der Waals surface area contributed by atoms with Crippen molar-refractivity contribution in [2.75, 3.05) is 4.90 Å². The smallest absolute Gasteiger partial charge is 0.319 e. The summed E-state index contributed by atoms with van der Waals surface area (Å²) in [6.45, 7) is 8.60. The van der Waals surface area contributed by atoms with Gasteiger partial charge in [-0.3, -0.25) is 4.79 Å². The van der Waals surface area contributed by atoms with Gasteiger partial charge < -0.3 is 5.32 Å². The lowest BCUT2D eigenvalue weighted by Crippen LogP contribution is -2.43. The highest BCUT2D eigenvalue weighted by Gasteiger charge is 2.52. The maximum Gasteiger partial charge on any atom is 0.407 e. The number of rotatable bonds is 3. The largest absolute Gasteiger partial charge is 0.407 e. The van der Waals surface area contributed by atoms with E-state index in [0.717, 1.165) is 12.1 Å². The number of alkyl halides is 3. The minimum absolute atomic E-state index is 0.227. The summed E-state index contributed by atoms with van der Waals surface area (Å²) in [5.74, 6) is -0.662. The van der Waals surface area contributed by atoms with Gasteiger partial charge in [-0.05, 0) is 24.1 Å². The summed E-state index contributed by atoms with van der Waals surface area (Å²) in [5.41, 5.74) is -2.83. The average Bonchev–Trinajstić information content (AvgIpc) is 2.92. The summed E-state index contributed by atoms with van der Waals surface area (Å²) in [4.78, 5) is 29.1. The quantitative estimate of drug-likeness (QED) is 0.631. The van der Waals surface area contributed by atoms with Crippen LogP contribution in [0.1, 0.15) is 24.5 Å². The van der Waals surface area contributed by atoms with Crippen LogP contribution < -0.4 is 10.2 Å². The number of imide groups is 1. The van der Waals surface area contributed by atoms with Crippen molar-refractivity contribution < 1.29 is 22.8 Å². The molecule has 5 nitrogen and oxygen atoms in total. The van der Waals surface area contributed by atoms with Gasteiger partial charge in [-0.2, -0.15) is 13.2 Å². The number of carbonyl (C=O) groups excluding carboxylic acids is 2. The van der Waals surface area contributed by atoms with Crippen LogP contribution in [0.5, 0.6) is 0 Å². The molecule has 0 bridgehead atoms. The second kappa shape index (κ2) is 6.43. The molecule has 0 spiro atoms. The van der Waals surface area contributed by atoms with E-state index in [1.54, 1.807) is 37.3 Å². The van der Waals surface area contributed by atoms with Crippen LogP contribution >= 0.6 is 0 Å². The molecule has 0 unspecified atom stereocenters. The van der Waals surface area contributed by atoms with E-state index in [1.165, 1.54) is 0 Å². The van der Waals surface area contributed by atoms with Gasteiger partial charge in [0.05, 0.1) is 17.8 Å². The summed E-state index contributed by atoms with van der Waals surface area (Å²) in [5, 5.41) is 2.61. The number of halogens is 3. The van der Waals surface area contributed by atoms with Crippen molar-refractivity contribution in [1.82, 2.24) is 5.32 Å². The Balaban J connectivity index is 2.10. The molecule has 0 saturated carbocycles. The molecule has 1 aliphatic heterocycles. The fourth-order valence-corrected chi connectivity index (χ4v) is 3.16. The summed E-state index contributed by atoms with van der Waals surface area (Å²) < 4.78 is 39.7. The molecule has 0 aliphatic carbocycles. The summed E-state index contributed by atoms with van der Waals surface area (Å²) >= 11 is 0. The van der Waals surface area contributed by atoms with Crippen molar-refractivity contribution in [3.8, 4) is 0 Å². The van der Waals surface area contributed by atoms with E-state index in [9.17, 15) is 22.8 Å². The third-order valence-corrected chi connectivity index (χ3v) is 4.55. The van der Waals surface area contributed by atoms with E-state index >= 15 is 0 Å². The highest BCUT2D eigenvalue weighted by molar-refractivity contribution is 6.23. The van der Waals surface area contributed by atoms with Gasteiger partial charge in [-0.15, -0.1) is 0 Å². The predicted molar refractivity (Wildman–Crippen MR) is 92.1 cm³/mol. The van der Waals surface area contributed by atoms with E-state index in [1.807, 2.05) is 0 Å². The Morgan fingerprint density at radius 3 is 2.37 bits per heavy atom. The maximum atomic E-state index is 13.2. The topological polar surface area (TPSA) is 53.8 Å². The minimum atomic E-state index is -4.78. The first-order chi connectivity index (χ1) is 12.7. The fourth-order valence-electron chi connectivity index (χ4n) is 3.16. The molecule has 3 rings (SSSR count). The van der Waals surface area contributed by atoms with Crippen LogP contribution in [0.25, 0.3) is 4.85 Å². The molecule has 3 amide bonds. The Bertz CT molecular complexity index is 951. The number of nitrogens with zero attached hydrogens (tertiary/aromatic N) is 2. The average molecular weight is 373 g/mol. The van der Waals surface area contributed by atoms with Gasteiger partial charge >= 0.3 is 12.2 Å². The number of hydrogen-bond acceptors (Lipinski definition) is 2. The standard InChI is InChI=1S/C19H14F3N3O2/c1-3-18(12-7-5-4-6-8-12)16(26)25(17(27)24-18)13-9-10-15(23-2)14(11-13)19(20,21)22/h4-11H,3H2,1H3,(H,24,27)/t18-/m0/s1. The Kier molecular flexibility index (Phi) is 4.39. The van der Waals surface area contributed by atoms with Gasteiger partial charge in [0.25, 0.3) is 5.91 Å². The molecule has 1 heterocycles. The van der Waals surface area contributed by atoms with Gasteiger partial charge in [0, 0.05) is 0 Å². The van der Waals surface area contributed by atoms with Crippen LogP contribution in [-0.4, -0.2) is 11.9 Å². The second-order valence-corrected chi connectivity index (χ2v) is 6.01. The van der Waals surface area contributed by atoms with Crippen molar-refractivity contribution in [2.45, 2.75) is 25.1 Å². The summed E-state index contributed by atoms with van der Waals surface area (Å²) in [7, 11) is 0. The highest BCUT2D eigenvalue weighted by atomic mass is 19.4. The normalized spacial score (nSPS) is 19.7. The minimum Gasteiger partial charge on any atom is -0.319 e. The molecule has 2 aromatic rings. The van der Waals surface area contributed by atoms with Crippen molar-refractivity contribution >= 4 is 23.3 Å². The fraction of sp³-hybridized carbons (Fsp3) is 0.211. The zero-order valence-corrected chi connectivity index (χ0v) is 14.2. The number of anilines is 1. The maximum absolute atomic E-state index is 13.2. The molecule has 1 fully saturated rings. The number of carbonyl (C=O) groups is 2. The van der Waals surface area contributed by atoms with Gasteiger partial charge in [-0.1, -0.05) is 43.3 Å². The van der Waals surface area contributed by atoms with Crippen LogP contribution in [0.2, 0.25) is 0 Å². The van der Waals surface area contributed by atoms with Crippen LogP contribution in [0, 0.1) is 6.57 Å². The van der Waals surface area contributed by atoms with E-state index in [4.69, 9.17) is 6.57 Å². The third-order valence-electron chi connectivity index (χ3n) is 4.55. The zero-order valence-electron chi connectivity index (χ0n) is 14.2. The van der Waals surface area contributed by atoms with Crippen molar-refractivity contribution in [3.63, 3.8) is 0 Å². The molecule has 2 aromatic carbocycles. The molecule has 1 aliphatic rings. The third kappa shape index (κ3) is 2.91. The van der Waals surface area contributed by atoms with Crippen molar-refractivity contribution in [1.29, 1.82) is 0 Å². The van der Waals surface area contributed by atoms with Gasteiger partial charge in [0.1, 0.15) is 5.54 Å². The highest BCUT2D eigenvalue weighted by Crippen LogP contribution is 2.41. The SMILES string of the molecule is [C-]#[N+]c1ccc(N2C(=O)N[C@@](CC)(c3ccccc3)C2=O)cc1C(F)(F)F. The summed E-state index contributed by atoms with van der Waals surface area (Å²) in [6, 6.07) is 10.5. The van der Waals surface area contributed by atoms with E-state index < -0.39 is 34.9 Å². The lowest BCUT2D eigenvalue weighted by molar-refractivity contribution is -0.136. The Labute approximate surface area is 153 Å². The first kappa shape index (κ1) is 18.5. The molecule has 1 saturated heterocycles. The van der Waals surface area contributed by atoms with Crippen molar-refractivity contribution in [2.24, 2.45) is 0 Å². The van der Waals surface area contributed by atoms with Gasteiger partial charge in [0.15, 0.2) is 5.69 Å². The molecule has 138 valence electrons. The Morgan fingerprint density at radius 1 is 1.15 bits per heavy atom. The molecule has 0 radical (unpaired) electrons. The van der Waals surface area contributed by atoms with Crippen LogP contribution in [-0.2, 0) is 16.5 Å². The number of urea groups is 1. The van der Waals surface area contributed by atoms with Crippen LogP contribution in [0.15, 0.2) is 48.5 Å². The molecule has 27 heavy (non-hydrogen) atoms. The lowest BCUT2D eigenvalue weighted by Gasteiger charge is -2.25. The Hall–Kier alpha value is -3.34. The van der Waals surface area contributed by atoms with Crippen LogP contribution in [0.3, 0.4) is 0 Å². The molecular weight excluding hydrogens is 359 g/mol. The van der Waals surface area contributed by atoms with E-state index in [2.05, 4.69) is 10.2 Å². The van der Waals surface area contributed by atoms with Gasteiger partial charge in [-0.25, -0.2) is 14.5 Å². The summed E-state index contributed by atoms with van der Waals surface area (Å²) in [6.07, 6.45) is -4.55. The first-order valence-electron chi connectivity index (χ1n) is 8.05. The van der Waals surface area contributed by atoms with E-state index in [-0.39, 0.29) is 12.1 Å². The van der Waals surface area contributed by atoms with E-state index in [0.29, 0.717) is 16.5 Å². The molecule has 8 heteroatoms. The number of hydrogen-bond donors (Lipinski definition) is 1. The number of amides is 3. The van der Waals surface area contributed by atoms with Crippen molar-refractivity contribution in [3.05, 3.63) is 71.1 Å². The zero-order chi connectivity index (χ0) is 19.8. The number of benzene rings is 2. The molecular formula is C19H14F3N3O2. The second-order valence-electron chi connectivity index (χ2n) is 6.01. The predicted octanol–water partition coefficient (Wildman–Crippen LogP) is 4.62.